The van der Waals surface area contributed by atoms with E-state index in [9.17, 15) is 18.0 Å². The van der Waals surface area contributed by atoms with Crippen molar-refractivity contribution in [1.29, 1.82) is 0 Å². The van der Waals surface area contributed by atoms with Crippen LogP contribution >= 0.6 is 0 Å². The third-order valence-electron chi connectivity index (χ3n) is 6.17. The smallest absolute Gasteiger partial charge is 0.399 e. The molecule has 9 heteroatoms. The van der Waals surface area contributed by atoms with Crippen molar-refractivity contribution in [2.24, 2.45) is 0 Å². The molecule has 1 aliphatic rings. The van der Waals surface area contributed by atoms with Gasteiger partial charge in [0, 0.05) is 12.5 Å². The highest BCUT2D eigenvalue weighted by atomic mass is 19.4. The second-order valence-electron chi connectivity index (χ2n) is 9.53. The first kappa shape index (κ1) is 23.5. The minimum absolute atomic E-state index is 0.101. The Hall–Kier alpha value is -2.13. The molecule has 1 saturated heterocycles. The largest absolute Gasteiger partial charge is 0.494 e. The molecule has 0 amide bonds. The number of aromatic nitrogens is 1. The van der Waals surface area contributed by atoms with E-state index in [1.807, 2.05) is 52.0 Å². The Bertz CT molecular complexity index is 932. The summed E-state index contributed by atoms with van der Waals surface area (Å²) in [5.41, 5.74) is -1.24. The first-order valence-corrected chi connectivity index (χ1v) is 10.1. The minimum atomic E-state index is -4.48. The van der Waals surface area contributed by atoms with Crippen molar-refractivity contribution in [3.05, 3.63) is 47.3 Å². The average molecular weight is 437 g/mol. The molecule has 1 aromatic carbocycles. The number of carbonyl (C=O) groups is 1. The molecule has 168 valence electrons. The van der Waals surface area contributed by atoms with Crippen LogP contribution in [0.25, 0.3) is 0 Å². The molecular formula is C22H27BF3NO4. The second kappa shape index (κ2) is 7.78. The van der Waals surface area contributed by atoms with Crippen LogP contribution in [-0.2, 0) is 32.4 Å². The van der Waals surface area contributed by atoms with Crippen molar-refractivity contribution < 1.29 is 31.8 Å². The molecule has 1 aliphatic heterocycles. The molecule has 31 heavy (non-hydrogen) atoms. The van der Waals surface area contributed by atoms with Crippen LogP contribution < -0.4 is 5.46 Å². The summed E-state index contributed by atoms with van der Waals surface area (Å²) in [6.07, 6.45) is -4.45. The maximum Gasteiger partial charge on any atom is 0.494 e. The molecule has 0 radical (unpaired) electrons. The van der Waals surface area contributed by atoms with Gasteiger partial charge in [-0.15, -0.1) is 0 Å². The first-order valence-electron chi connectivity index (χ1n) is 10.1. The van der Waals surface area contributed by atoms with Gasteiger partial charge in [0.1, 0.15) is 11.2 Å². The molecule has 0 aliphatic carbocycles. The van der Waals surface area contributed by atoms with Gasteiger partial charge in [0.15, 0.2) is 5.76 Å². The molecule has 0 unspecified atom stereocenters. The Labute approximate surface area is 180 Å². The third-order valence-corrected chi connectivity index (χ3v) is 6.17. The van der Waals surface area contributed by atoms with Gasteiger partial charge in [-0.05, 0) is 52.6 Å². The lowest BCUT2D eigenvalue weighted by Crippen LogP contribution is -2.41. The summed E-state index contributed by atoms with van der Waals surface area (Å²) in [6, 6.07) is 8.54. The van der Waals surface area contributed by atoms with E-state index >= 15 is 0 Å². The first-order chi connectivity index (χ1) is 14.1. The molecule has 2 aromatic rings. The molecule has 2 heterocycles. The van der Waals surface area contributed by atoms with Crippen molar-refractivity contribution in [1.82, 2.24) is 5.16 Å². The lowest BCUT2D eigenvalue weighted by molar-refractivity contribution is -0.185. The minimum Gasteiger partial charge on any atom is -0.399 e. The Morgan fingerprint density at radius 3 is 2.06 bits per heavy atom. The average Bonchev–Trinajstić information content (AvgIpc) is 3.17. The number of Topliss-reactive ketones (excluding diaryl/α,β-unsaturated/α-hetero) is 1. The highest BCUT2D eigenvalue weighted by Gasteiger charge is 2.52. The van der Waals surface area contributed by atoms with Crippen LogP contribution in [0.2, 0.25) is 0 Å². The fourth-order valence-electron chi connectivity index (χ4n) is 3.09. The topological polar surface area (TPSA) is 61.6 Å². The predicted octanol–water partition coefficient (Wildman–Crippen LogP) is 4.17. The van der Waals surface area contributed by atoms with Crippen LogP contribution in [-0.4, -0.2) is 35.4 Å². The highest BCUT2D eigenvalue weighted by Crippen LogP contribution is 2.40. The number of benzene rings is 1. The maximum absolute atomic E-state index is 13.1. The van der Waals surface area contributed by atoms with Gasteiger partial charge in [-0.1, -0.05) is 29.4 Å². The number of ketones is 1. The Balaban J connectivity index is 1.61. The lowest BCUT2D eigenvalue weighted by Gasteiger charge is -2.32. The number of rotatable bonds is 6. The SMILES string of the molecule is CC1(C)OB(c2ccc(CC(=O)Cc3cc(C(C)(C)C(F)(F)F)on3)cc2)OC1(C)C. The van der Waals surface area contributed by atoms with Crippen LogP contribution in [0.1, 0.15) is 58.6 Å². The number of nitrogens with zero attached hydrogens (tertiary/aromatic N) is 1. The van der Waals surface area contributed by atoms with Gasteiger partial charge in [-0.25, -0.2) is 0 Å². The molecule has 0 N–H and O–H groups in total. The van der Waals surface area contributed by atoms with Gasteiger partial charge in [-0.2, -0.15) is 13.2 Å². The van der Waals surface area contributed by atoms with Crippen molar-refractivity contribution in [2.45, 2.75) is 77.2 Å². The summed E-state index contributed by atoms with van der Waals surface area (Å²) < 4.78 is 56.3. The van der Waals surface area contributed by atoms with Gasteiger partial charge in [0.2, 0.25) is 0 Å². The molecule has 3 rings (SSSR count). The monoisotopic (exact) mass is 437 g/mol. The van der Waals surface area contributed by atoms with Crippen molar-refractivity contribution >= 4 is 18.4 Å². The fraction of sp³-hybridized carbons (Fsp3) is 0.545. The molecule has 5 nitrogen and oxygen atoms in total. The lowest BCUT2D eigenvalue weighted by atomic mass is 9.78. The second-order valence-corrected chi connectivity index (χ2v) is 9.53. The summed E-state index contributed by atoms with van der Waals surface area (Å²) in [7, 11) is -0.486. The zero-order valence-corrected chi connectivity index (χ0v) is 18.6. The van der Waals surface area contributed by atoms with Crippen LogP contribution in [0.15, 0.2) is 34.9 Å². The summed E-state index contributed by atoms with van der Waals surface area (Å²) >= 11 is 0. The molecule has 0 spiro atoms. The number of hydrogen-bond donors (Lipinski definition) is 0. The van der Waals surface area contributed by atoms with E-state index in [2.05, 4.69) is 5.16 Å². The Morgan fingerprint density at radius 2 is 1.55 bits per heavy atom. The summed E-state index contributed by atoms with van der Waals surface area (Å²) in [4.78, 5) is 12.4. The van der Waals surface area contributed by atoms with Crippen LogP contribution in [0.4, 0.5) is 13.2 Å². The van der Waals surface area contributed by atoms with Gasteiger partial charge < -0.3 is 13.8 Å². The van der Waals surface area contributed by atoms with E-state index in [4.69, 9.17) is 13.8 Å². The molecule has 1 aromatic heterocycles. The van der Waals surface area contributed by atoms with E-state index in [1.165, 1.54) is 6.07 Å². The van der Waals surface area contributed by atoms with E-state index in [-0.39, 0.29) is 30.1 Å². The Morgan fingerprint density at radius 1 is 1.00 bits per heavy atom. The van der Waals surface area contributed by atoms with Crippen molar-refractivity contribution in [3.8, 4) is 0 Å². The van der Waals surface area contributed by atoms with E-state index in [0.29, 0.717) is 0 Å². The van der Waals surface area contributed by atoms with Crippen LogP contribution in [0, 0.1) is 0 Å². The standard InChI is InChI=1S/C22H27BF3NO4/c1-19(2,22(24,25)26)18-13-16(27-29-18)12-17(28)11-14-7-9-15(10-8-14)23-30-20(3,4)21(5,6)31-23/h7-10,13H,11-12H2,1-6H3. The Kier molecular flexibility index (Phi) is 5.91. The maximum atomic E-state index is 13.1. The third kappa shape index (κ3) is 4.72. The van der Waals surface area contributed by atoms with Crippen molar-refractivity contribution in [3.63, 3.8) is 0 Å². The van der Waals surface area contributed by atoms with Crippen molar-refractivity contribution in [2.75, 3.05) is 0 Å². The number of carbonyl (C=O) groups excluding carboxylic acids is 1. The number of halogens is 3. The zero-order valence-electron chi connectivity index (χ0n) is 18.6. The summed E-state index contributed by atoms with van der Waals surface area (Å²) in [6.45, 7) is 9.94. The fourth-order valence-corrected chi connectivity index (χ4v) is 3.09. The van der Waals surface area contributed by atoms with Gasteiger partial charge in [-0.3, -0.25) is 4.79 Å². The molecule has 1 fully saturated rings. The number of hydrogen-bond acceptors (Lipinski definition) is 5. The predicted molar refractivity (Wildman–Crippen MR) is 110 cm³/mol. The molecular weight excluding hydrogens is 410 g/mol. The summed E-state index contributed by atoms with van der Waals surface area (Å²) in [5.74, 6) is -0.484. The molecule has 0 bridgehead atoms. The quantitative estimate of drug-likeness (QED) is 0.635. The molecule has 0 atom stereocenters. The normalized spacial score (nSPS) is 18.4. The van der Waals surface area contributed by atoms with E-state index in [1.54, 1.807) is 0 Å². The number of alkyl halides is 3. The van der Waals surface area contributed by atoms with Gasteiger partial charge in [0.25, 0.3) is 0 Å². The summed E-state index contributed by atoms with van der Waals surface area (Å²) in [5, 5.41) is 3.64. The van der Waals surface area contributed by atoms with E-state index in [0.717, 1.165) is 24.9 Å². The van der Waals surface area contributed by atoms with Crippen LogP contribution in [0.5, 0.6) is 0 Å². The van der Waals surface area contributed by atoms with E-state index < -0.39 is 29.9 Å². The van der Waals surface area contributed by atoms with Gasteiger partial charge in [0.05, 0.1) is 23.3 Å². The molecule has 0 saturated carbocycles. The zero-order chi connectivity index (χ0) is 23.2. The van der Waals surface area contributed by atoms with Crippen LogP contribution in [0.3, 0.4) is 0 Å². The highest BCUT2D eigenvalue weighted by molar-refractivity contribution is 6.62. The van der Waals surface area contributed by atoms with Gasteiger partial charge >= 0.3 is 13.3 Å².